The first kappa shape index (κ1) is 13.8. The fourth-order valence-corrected chi connectivity index (χ4v) is 2.74. The quantitative estimate of drug-likeness (QED) is 0.556. The average Bonchev–Trinajstić information content (AvgIpc) is 2.97. The van der Waals surface area contributed by atoms with Crippen molar-refractivity contribution in [3.8, 4) is 0 Å². The summed E-state index contributed by atoms with van der Waals surface area (Å²) in [5.41, 5.74) is 6.74. The van der Waals surface area contributed by atoms with E-state index in [-0.39, 0.29) is 18.8 Å². The number of rotatable bonds is 4. The molecular weight excluding hydrogens is 305 g/mol. The molecule has 0 radical (unpaired) electrons. The van der Waals surface area contributed by atoms with Crippen LogP contribution in [0.2, 0.25) is 0 Å². The highest BCUT2D eigenvalue weighted by atomic mass is 32.1. The van der Waals surface area contributed by atoms with Gasteiger partial charge in [0, 0.05) is 0 Å². The van der Waals surface area contributed by atoms with Crippen molar-refractivity contribution >= 4 is 37.9 Å². The Kier molecular flexibility index (Phi) is 3.92. The number of ether oxygens (including phenoxy) is 1. The summed E-state index contributed by atoms with van der Waals surface area (Å²) in [7, 11) is -1.75. The Morgan fingerprint density at radius 3 is 3.30 bits per heavy atom. The number of H-pyrrole nitrogens is 1. The van der Waals surface area contributed by atoms with Crippen molar-refractivity contribution in [2.45, 2.75) is 12.8 Å². The van der Waals surface area contributed by atoms with E-state index < -0.39 is 8.60 Å². The standard InChI is InChI=1S/C9H12N5O4PS/c10-9-12-7-6(8(20)13-9)11-3-14(7)4-16-1-5-2-17-19(15)18-5/h3,5,15H,1-2,4H2,(H3,10,12,13,20). The summed E-state index contributed by atoms with van der Waals surface area (Å²) < 4.78 is 17.6. The van der Waals surface area contributed by atoms with Crippen LogP contribution in [-0.2, 0) is 20.5 Å². The molecule has 0 amide bonds. The minimum Gasteiger partial charge on any atom is -0.369 e. The van der Waals surface area contributed by atoms with E-state index >= 15 is 0 Å². The SMILES string of the molecule is Nc1nc2c(ncn2COCC2COP(O)O2)c(=S)[nH]1. The summed E-state index contributed by atoms with van der Waals surface area (Å²) in [6.07, 6.45) is 1.31. The van der Waals surface area contributed by atoms with Gasteiger partial charge in [-0.1, -0.05) is 12.2 Å². The van der Waals surface area contributed by atoms with Gasteiger partial charge >= 0.3 is 8.60 Å². The maximum atomic E-state index is 9.10. The first-order valence-corrected chi connectivity index (χ1v) is 7.24. The highest BCUT2D eigenvalue weighted by molar-refractivity contribution is 7.71. The molecule has 0 saturated carbocycles. The average molecular weight is 317 g/mol. The van der Waals surface area contributed by atoms with Crippen LogP contribution < -0.4 is 5.73 Å². The van der Waals surface area contributed by atoms with E-state index in [0.717, 1.165) is 0 Å². The van der Waals surface area contributed by atoms with Crippen molar-refractivity contribution in [2.75, 3.05) is 18.9 Å². The predicted octanol–water partition coefficient (Wildman–Crippen LogP) is 0.680. The molecule has 1 aliphatic rings. The molecule has 4 N–H and O–H groups in total. The third kappa shape index (κ3) is 2.80. The van der Waals surface area contributed by atoms with Gasteiger partial charge in [0.15, 0.2) is 5.65 Å². The van der Waals surface area contributed by atoms with Crippen LogP contribution in [-0.4, -0.2) is 43.7 Å². The number of anilines is 1. The second kappa shape index (κ2) is 5.68. The fraction of sp³-hybridized carbons (Fsp3) is 0.444. The van der Waals surface area contributed by atoms with Gasteiger partial charge in [-0.3, -0.25) is 4.57 Å². The first-order chi connectivity index (χ1) is 9.63. The van der Waals surface area contributed by atoms with E-state index in [2.05, 4.69) is 15.0 Å². The van der Waals surface area contributed by atoms with E-state index in [9.17, 15) is 0 Å². The minimum absolute atomic E-state index is 0.225. The van der Waals surface area contributed by atoms with Gasteiger partial charge in [-0.15, -0.1) is 0 Å². The third-order valence-electron chi connectivity index (χ3n) is 2.64. The second-order valence-corrected chi connectivity index (χ2v) is 5.45. The van der Waals surface area contributed by atoms with Gasteiger partial charge in [0.1, 0.15) is 23.0 Å². The Labute approximate surface area is 119 Å². The number of fused-ring (bicyclic) bond motifs is 1. The molecule has 0 aliphatic carbocycles. The van der Waals surface area contributed by atoms with Crippen LogP contribution in [0.25, 0.3) is 11.2 Å². The molecule has 20 heavy (non-hydrogen) atoms. The van der Waals surface area contributed by atoms with Crippen LogP contribution in [0.15, 0.2) is 6.33 Å². The summed E-state index contributed by atoms with van der Waals surface area (Å²) in [5, 5.41) is 0. The molecule has 2 atom stereocenters. The topological polar surface area (TPSA) is 120 Å². The Balaban J connectivity index is 1.67. The van der Waals surface area contributed by atoms with Gasteiger partial charge in [-0.2, -0.15) is 4.98 Å². The monoisotopic (exact) mass is 317 g/mol. The number of nitrogen functional groups attached to an aromatic ring is 1. The molecule has 1 fully saturated rings. The predicted molar refractivity (Wildman–Crippen MR) is 73.0 cm³/mol. The van der Waals surface area contributed by atoms with Gasteiger partial charge in [0.25, 0.3) is 0 Å². The number of hydrogen-bond acceptors (Lipinski definition) is 8. The maximum absolute atomic E-state index is 9.10. The molecule has 108 valence electrons. The Morgan fingerprint density at radius 1 is 1.70 bits per heavy atom. The van der Waals surface area contributed by atoms with Crippen LogP contribution in [0.4, 0.5) is 5.95 Å². The highest BCUT2D eigenvalue weighted by Crippen LogP contribution is 2.40. The van der Waals surface area contributed by atoms with Gasteiger partial charge in [-0.25, -0.2) is 4.98 Å². The number of aromatic nitrogens is 4. The third-order valence-corrected chi connectivity index (χ3v) is 3.78. The lowest BCUT2D eigenvalue weighted by Crippen LogP contribution is -2.18. The Bertz CT molecular complexity index is 676. The van der Waals surface area contributed by atoms with Crippen LogP contribution in [0.5, 0.6) is 0 Å². The smallest absolute Gasteiger partial charge is 0.330 e. The van der Waals surface area contributed by atoms with Crippen molar-refractivity contribution in [3.05, 3.63) is 11.0 Å². The van der Waals surface area contributed by atoms with E-state index in [1.165, 1.54) is 0 Å². The summed E-state index contributed by atoms with van der Waals surface area (Å²) >= 11 is 5.11. The summed E-state index contributed by atoms with van der Waals surface area (Å²) in [4.78, 5) is 20.1. The first-order valence-electron chi connectivity index (χ1n) is 5.70. The summed E-state index contributed by atoms with van der Waals surface area (Å²) in [6.45, 7) is 0.850. The van der Waals surface area contributed by atoms with Gasteiger partial charge in [-0.05, 0) is 0 Å². The largest absolute Gasteiger partial charge is 0.369 e. The number of imidazole rings is 1. The van der Waals surface area contributed by atoms with E-state index in [0.29, 0.717) is 29.0 Å². The van der Waals surface area contributed by atoms with Crippen LogP contribution >= 0.6 is 20.8 Å². The molecule has 9 nitrogen and oxygen atoms in total. The van der Waals surface area contributed by atoms with Gasteiger partial charge in [0.2, 0.25) is 5.95 Å². The zero-order valence-electron chi connectivity index (χ0n) is 10.2. The van der Waals surface area contributed by atoms with Crippen LogP contribution in [0.3, 0.4) is 0 Å². The molecule has 2 aromatic heterocycles. The number of hydrogen-bond donors (Lipinski definition) is 3. The highest BCUT2D eigenvalue weighted by Gasteiger charge is 2.25. The molecule has 0 bridgehead atoms. The number of nitrogens with one attached hydrogen (secondary N) is 1. The Hall–Kier alpha value is -1.16. The second-order valence-electron chi connectivity index (χ2n) is 4.10. The number of nitrogens with zero attached hydrogens (tertiary/aromatic N) is 3. The van der Waals surface area contributed by atoms with Gasteiger partial charge < -0.3 is 29.4 Å². The number of nitrogens with two attached hydrogens (primary N) is 1. The zero-order valence-corrected chi connectivity index (χ0v) is 11.9. The minimum atomic E-state index is -1.75. The normalized spacial score (nSPS) is 22.6. The lowest BCUT2D eigenvalue weighted by Gasteiger charge is -2.09. The van der Waals surface area contributed by atoms with Crippen LogP contribution in [0, 0.1) is 4.64 Å². The molecule has 3 heterocycles. The maximum Gasteiger partial charge on any atom is 0.330 e. The van der Waals surface area contributed by atoms with E-state index in [1.54, 1.807) is 10.9 Å². The van der Waals surface area contributed by atoms with Crippen molar-refractivity contribution in [3.63, 3.8) is 0 Å². The lowest BCUT2D eigenvalue weighted by atomic mass is 10.4. The van der Waals surface area contributed by atoms with Crippen molar-refractivity contribution in [2.24, 2.45) is 0 Å². The van der Waals surface area contributed by atoms with Crippen molar-refractivity contribution < 1.29 is 18.7 Å². The molecule has 1 saturated heterocycles. The molecule has 0 spiro atoms. The molecular formula is C9H12N5O4PS. The van der Waals surface area contributed by atoms with E-state index in [1.807, 2.05) is 0 Å². The molecule has 2 aromatic rings. The summed E-state index contributed by atoms with van der Waals surface area (Å²) in [5.74, 6) is 0.225. The van der Waals surface area contributed by atoms with E-state index in [4.69, 9.17) is 36.6 Å². The van der Waals surface area contributed by atoms with Crippen LogP contribution in [0.1, 0.15) is 0 Å². The van der Waals surface area contributed by atoms with Crippen molar-refractivity contribution in [1.82, 2.24) is 19.5 Å². The zero-order chi connectivity index (χ0) is 14.1. The molecule has 2 unspecified atom stereocenters. The molecule has 1 aliphatic heterocycles. The molecule has 3 rings (SSSR count). The summed E-state index contributed by atoms with van der Waals surface area (Å²) in [6, 6.07) is 0. The fourth-order valence-electron chi connectivity index (χ4n) is 1.76. The number of aromatic amines is 1. The molecule has 0 aromatic carbocycles. The Morgan fingerprint density at radius 2 is 2.55 bits per heavy atom. The molecule has 11 heteroatoms. The van der Waals surface area contributed by atoms with Crippen molar-refractivity contribution in [1.29, 1.82) is 0 Å². The lowest BCUT2D eigenvalue weighted by molar-refractivity contribution is 0.0241. The van der Waals surface area contributed by atoms with Gasteiger partial charge in [0.05, 0.1) is 19.5 Å².